The first-order chi connectivity index (χ1) is 11.2. The quantitative estimate of drug-likeness (QED) is 0.777. The normalized spacial score (nSPS) is 20.8. The maximum absolute atomic E-state index is 6.17. The van der Waals surface area contributed by atoms with E-state index in [4.69, 9.17) is 9.73 Å². The van der Waals surface area contributed by atoms with E-state index < -0.39 is 0 Å². The zero-order valence-corrected chi connectivity index (χ0v) is 13.8. The molecule has 0 saturated carbocycles. The van der Waals surface area contributed by atoms with E-state index in [2.05, 4.69) is 55.5 Å². The van der Waals surface area contributed by atoms with Crippen LogP contribution in [0.2, 0.25) is 0 Å². The summed E-state index contributed by atoms with van der Waals surface area (Å²) in [5, 5.41) is 0. The molecule has 1 heterocycles. The van der Waals surface area contributed by atoms with Crippen molar-refractivity contribution in [1.82, 2.24) is 0 Å². The number of hydrogen-bond donors (Lipinski definition) is 0. The number of allylic oxidation sites excluding steroid dienone is 1. The van der Waals surface area contributed by atoms with E-state index in [9.17, 15) is 0 Å². The van der Waals surface area contributed by atoms with Gasteiger partial charge in [-0.15, -0.1) is 0 Å². The molecule has 2 nitrogen and oxygen atoms in total. The van der Waals surface area contributed by atoms with Crippen molar-refractivity contribution in [3.63, 3.8) is 0 Å². The molecule has 0 radical (unpaired) electrons. The van der Waals surface area contributed by atoms with Crippen LogP contribution in [0.5, 0.6) is 0 Å². The molecule has 2 aromatic carbocycles. The Morgan fingerprint density at radius 3 is 2.13 bits per heavy atom. The SMILES string of the molecule is CC1=CC(C)=N[C@H](OCc2ccccc2)C1Cc1ccccc1. The highest BCUT2D eigenvalue weighted by Crippen LogP contribution is 2.28. The van der Waals surface area contributed by atoms with Crippen LogP contribution in [0.3, 0.4) is 0 Å². The van der Waals surface area contributed by atoms with E-state index in [0.717, 1.165) is 12.1 Å². The molecule has 23 heavy (non-hydrogen) atoms. The molecule has 1 unspecified atom stereocenters. The van der Waals surface area contributed by atoms with Gasteiger partial charge >= 0.3 is 0 Å². The van der Waals surface area contributed by atoms with E-state index in [1.807, 2.05) is 25.1 Å². The van der Waals surface area contributed by atoms with Gasteiger partial charge in [-0.2, -0.15) is 0 Å². The highest BCUT2D eigenvalue weighted by atomic mass is 16.5. The van der Waals surface area contributed by atoms with Crippen molar-refractivity contribution in [2.75, 3.05) is 0 Å². The molecule has 0 aromatic heterocycles. The van der Waals surface area contributed by atoms with Crippen molar-refractivity contribution >= 4 is 5.71 Å². The Hall–Kier alpha value is -2.19. The van der Waals surface area contributed by atoms with E-state index in [1.165, 1.54) is 16.7 Å². The monoisotopic (exact) mass is 305 g/mol. The molecule has 2 heteroatoms. The largest absolute Gasteiger partial charge is 0.351 e. The molecule has 2 aromatic rings. The molecule has 0 N–H and O–H groups in total. The second-order valence-corrected chi connectivity index (χ2v) is 6.14. The lowest BCUT2D eigenvalue weighted by atomic mass is 9.88. The van der Waals surface area contributed by atoms with Gasteiger partial charge in [-0.1, -0.05) is 66.2 Å². The van der Waals surface area contributed by atoms with Gasteiger partial charge in [-0.05, 0) is 37.5 Å². The maximum atomic E-state index is 6.17. The van der Waals surface area contributed by atoms with Gasteiger partial charge in [0.25, 0.3) is 0 Å². The van der Waals surface area contributed by atoms with Gasteiger partial charge in [0.1, 0.15) is 0 Å². The lowest BCUT2D eigenvalue weighted by molar-refractivity contribution is 0.0157. The summed E-state index contributed by atoms with van der Waals surface area (Å²) >= 11 is 0. The third-order valence-electron chi connectivity index (χ3n) is 4.26. The Bertz CT molecular complexity index is 688. The predicted molar refractivity (Wildman–Crippen MR) is 95.5 cm³/mol. The average molecular weight is 305 g/mol. The molecule has 0 bridgehead atoms. The van der Waals surface area contributed by atoms with Gasteiger partial charge in [-0.25, -0.2) is 0 Å². The molecule has 0 fully saturated rings. The summed E-state index contributed by atoms with van der Waals surface area (Å²) in [6.45, 7) is 4.83. The maximum Gasteiger partial charge on any atom is 0.155 e. The van der Waals surface area contributed by atoms with E-state index in [-0.39, 0.29) is 6.23 Å². The lowest BCUT2D eigenvalue weighted by Crippen LogP contribution is -2.29. The molecule has 1 aliphatic heterocycles. The van der Waals surface area contributed by atoms with Gasteiger partial charge in [0.15, 0.2) is 6.23 Å². The van der Waals surface area contributed by atoms with Crippen molar-refractivity contribution in [2.24, 2.45) is 10.9 Å². The fraction of sp³-hybridized carbons (Fsp3) is 0.286. The van der Waals surface area contributed by atoms with Crippen LogP contribution >= 0.6 is 0 Å². The minimum Gasteiger partial charge on any atom is -0.351 e. The minimum atomic E-state index is -0.111. The molecule has 3 rings (SSSR count). The van der Waals surface area contributed by atoms with Crippen LogP contribution in [0.4, 0.5) is 0 Å². The van der Waals surface area contributed by atoms with Crippen LogP contribution in [0.15, 0.2) is 77.3 Å². The molecule has 1 aliphatic rings. The van der Waals surface area contributed by atoms with Crippen molar-refractivity contribution < 1.29 is 4.74 Å². The summed E-state index contributed by atoms with van der Waals surface area (Å²) < 4.78 is 6.17. The summed E-state index contributed by atoms with van der Waals surface area (Å²) in [4.78, 5) is 4.74. The number of benzene rings is 2. The predicted octanol–water partition coefficient (Wildman–Crippen LogP) is 4.81. The van der Waals surface area contributed by atoms with E-state index in [0.29, 0.717) is 12.5 Å². The number of hydrogen-bond acceptors (Lipinski definition) is 2. The Balaban J connectivity index is 1.73. The second kappa shape index (κ2) is 7.38. The van der Waals surface area contributed by atoms with Crippen LogP contribution in [-0.2, 0) is 17.8 Å². The fourth-order valence-electron chi connectivity index (χ4n) is 3.03. The van der Waals surface area contributed by atoms with Gasteiger partial charge in [0.2, 0.25) is 0 Å². The van der Waals surface area contributed by atoms with Crippen molar-refractivity contribution in [1.29, 1.82) is 0 Å². The third-order valence-corrected chi connectivity index (χ3v) is 4.26. The molecular weight excluding hydrogens is 282 g/mol. The Morgan fingerprint density at radius 1 is 0.870 bits per heavy atom. The molecule has 118 valence electrons. The zero-order chi connectivity index (χ0) is 16.1. The Morgan fingerprint density at radius 2 is 1.48 bits per heavy atom. The molecular formula is C21H23NO. The van der Waals surface area contributed by atoms with Gasteiger partial charge in [0.05, 0.1) is 6.61 Å². The summed E-state index contributed by atoms with van der Waals surface area (Å²) in [7, 11) is 0. The smallest absolute Gasteiger partial charge is 0.155 e. The van der Waals surface area contributed by atoms with Crippen LogP contribution in [0.1, 0.15) is 25.0 Å². The number of nitrogens with zero attached hydrogens (tertiary/aromatic N) is 1. The number of ether oxygens (including phenoxy) is 1. The molecule has 0 saturated heterocycles. The third kappa shape index (κ3) is 4.17. The highest BCUT2D eigenvalue weighted by molar-refractivity contribution is 5.94. The summed E-state index contributed by atoms with van der Waals surface area (Å²) in [5.74, 6) is 0.296. The van der Waals surface area contributed by atoms with Gasteiger partial charge < -0.3 is 4.74 Å². The van der Waals surface area contributed by atoms with Crippen molar-refractivity contribution in [3.05, 3.63) is 83.4 Å². The van der Waals surface area contributed by atoms with Gasteiger partial charge in [-0.3, -0.25) is 4.99 Å². The Kier molecular flexibility index (Phi) is 5.04. The molecule has 0 aliphatic carbocycles. The summed E-state index contributed by atoms with van der Waals surface area (Å²) in [6.07, 6.45) is 3.02. The fourth-order valence-corrected chi connectivity index (χ4v) is 3.03. The summed E-state index contributed by atoms with van der Waals surface area (Å²) in [6, 6.07) is 20.9. The van der Waals surface area contributed by atoms with Crippen LogP contribution < -0.4 is 0 Å². The van der Waals surface area contributed by atoms with E-state index in [1.54, 1.807) is 0 Å². The minimum absolute atomic E-state index is 0.111. The van der Waals surface area contributed by atoms with Crippen LogP contribution in [0.25, 0.3) is 0 Å². The molecule has 2 atom stereocenters. The number of dihydropyridines is 1. The number of rotatable bonds is 5. The molecule has 0 amide bonds. The first-order valence-corrected chi connectivity index (χ1v) is 8.14. The first-order valence-electron chi connectivity index (χ1n) is 8.14. The van der Waals surface area contributed by atoms with Crippen molar-refractivity contribution in [2.45, 2.75) is 33.1 Å². The number of aliphatic imine (C=N–C) groups is 1. The van der Waals surface area contributed by atoms with Crippen LogP contribution in [-0.4, -0.2) is 11.9 Å². The van der Waals surface area contributed by atoms with Crippen molar-refractivity contribution in [3.8, 4) is 0 Å². The average Bonchev–Trinajstić information content (AvgIpc) is 2.57. The van der Waals surface area contributed by atoms with Crippen LogP contribution in [0, 0.1) is 5.92 Å². The standard InChI is InChI=1S/C21H23NO/c1-16-13-17(2)22-21(23-15-19-11-7-4-8-12-19)20(16)14-18-9-5-3-6-10-18/h3-13,20-21H,14-15H2,1-2H3/t20?,21-/m1/s1. The van der Waals surface area contributed by atoms with Gasteiger partial charge in [0, 0.05) is 11.6 Å². The molecule has 0 spiro atoms. The first kappa shape index (κ1) is 15.7. The second-order valence-electron chi connectivity index (χ2n) is 6.14. The lowest BCUT2D eigenvalue weighted by Gasteiger charge is -2.29. The Labute approximate surface area is 138 Å². The zero-order valence-electron chi connectivity index (χ0n) is 13.8. The summed E-state index contributed by atoms with van der Waals surface area (Å²) in [5.41, 5.74) is 4.91. The topological polar surface area (TPSA) is 21.6 Å². The highest BCUT2D eigenvalue weighted by Gasteiger charge is 2.26. The van der Waals surface area contributed by atoms with E-state index >= 15 is 0 Å².